The first-order valence-corrected chi connectivity index (χ1v) is 6.00. The lowest BCUT2D eigenvalue weighted by molar-refractivity contribution is 0.185. The first-order valence-electron chi connectivity index (χ1n) is 5.24. The van der Waals surface area contributed by atoms with Crippen molar-refractivity contribution < 1.29 is 10.0 Å². The number of para-hydroxylation sites is 1. The van der Waals surface area contributed by atoms with Gasteiger partial charge in [-0.2, -0.15) is 9.72 Å². The summed E-state index contributed by atoms with van der Waals surface area (Å²) in [5.74, 6) is 0. The first-order chi connectivity index (χ1) is 9.08. The Morgan fingerprint density at radius 3 is 2.58 bits per heavy atom. The van der Waals surface area contributed by atoms with E-state index in [4.69, 9.17) is 23.2 Å². The largest absolute Gasteiger partial charge is 0.428 e. The highest BCUT2D eigenvalue weighted by Gasteiger charge is 2.06. The number of halogens is 2. The molecular formula is C12H9Cl2N3O2. The van der Waals surface area contributed by atoms with Crippen LogP contribution in [0.15, 0.2) is 47.6 Å². The number of carbonyl (C=O) groups is 1. The first kappa shape index (κ1) is 13.5. The Morgan fingerprint density at radius 2 is 1.89 bits per heavy atom. The highest BCUT2D eigenvalue weighted by molar-refractivity contribution is 6.41. The summed E-state index contributed by atoms with van der Waals surface area (Å²) in [5, 5.41) is 11.9. The van der Waals surface area contributed by atoms with Gasteiger partial charge in [-0.25, -0.2) is 4.79 Å². The molecule has 1 heterocycles. The van der Waals surface area contributed by atoms with E-state index in [0.29, 0.717) is 10.4 Å². The van der Waals surface area contributed by atoms with Crippen LogP contribution in [0.1, 0.15) is 0 Å². The molecule has 0 aliphatic heterocycles. The van der Waals surface area contributed by atoms with Crippen LogP contribution in [0.2, 0.25) is 10.2 Å². The van der Waals surface area contributed by atoms with Crippen LogP contribution in [0.3, 0.4) is 0 Å². The predicted molar refractivity (Wildman–Crippen MR) is 72.7 cm³/mol. The van der Waals surface area contributed by atoms with E-state index in [9.17, 15) is 10.0 Å². The zero-order valence-corrected chi connectivity index (χ0v) is 11.1. The van der Waals surface area contributed by atoms with Crippen molar-refractivity contribution in [2.45, 2.75) is 0 Å². The SMILES string of the molecule is O=C(/N=c1/ccn(O)c(Cl)c1Cl)Nc1ccccc1. The van der Waals surface area contributed by atoms with Crippen molar-refractivity contribution in [3.63, 3.8) is 0 Å². The van der Waals surface area contributed by atoms with Crippen LogP contribution >= 0.6 is 23.2 Å². The van der Waals surface area contributed by atoms with Gasteiger partial charge in [0.2, 0.25) is 0 Å². The Hall–Kier alpha value is -1.98. The van der Waals surface area contributed by atoms with Gasteiger partial charge in [0.15, 0.2) is 5.15 Å². The van der Waals surface area contributed by atoms with E-state index in [1.165, 1.54) is 12.3 Å². The summed E-state index contributed by atoms with van der Waals surface area (Å²) in [6.45, 7) is 0. The molecule has 2 N–H and O–H groups in total. The van der Waals surface area contributed by atoms with Gasteiger partial charge in [0.05, 0.1) is 5.36 Å². The van der Waals surface area contributed by atoms with Crippen LogP contribution in [0.4, 0.5) is 10.5 Å². The van der Waals surface area contributed by atoms with E-state index in [-0.39, 0.29) is 15.5 Å². The van der Waals surface area contributed by atoms with E-state index < -0.39 is 6.03 Å². The Morgan fingerprint density at radius 1 is 1.21 bits per heavy atom. The molecular weight excluding hydrogens is 289 g/mol. The number of urea groups is 1. The maximum absolute atomic E-state index is 11.7. The van der Waals surface area contributed by atoms with E-state index in [1.54, 1.807) is 24.3 Å². The van der Waals surface area contributed by atoms with Crippen LogP contribution in [-0.2, 0) is 0 Å². The quantitative estimate of drug-likeness (QED) is 0.627. The molecule has 19 heavy (non-hydrogen) atoms. The fourth-order valence-electron chi connectivity index (χ4n) is 1.35. The van der Waals surface area contributed by atoms with Crippen LogP contribution in [0.25, 0.3) is 0 Å². The highest BCUT2D eigenvalue weighted by atomic mass is 35.5. The molecule has 7 heteroatoms. The van der Waals surface area contributed by atoms with Crippen molar-refractivity contribution in [3.8, 4) is 0 Å². The average Bonchev–Trinajstić information content (AvgIpc) is 2.41. The molecule has 0 atom stereocenters. The molecule has 1 aromatic carbocycles. The molecule has 0 spiro atoms. The third-order valence-corrected chi connectivity index (χ3v) is 3.06. The van der Waals surface area contributed by atoms with Gasteiger partial charge in [0.25, 0.3) is 0 Å². The molecule has 2 aromatic rings. The van der Waals surface area contributed by atoms with E-state index in [0.717, 1.165) is 0 Å². The summed E-state index contributed by atoms with van der Waals surface area (Å²) in [5.41, 5.74) is 0.617. The molecule has 2 rings (SSSR count). The molecule has 0 radical (unpaired) electrons. The van der Waals surface area contributed by atoms with Crippen molar-refractivity contribution in [1.82, 2.24) is 4.73 Å². The van der Waals surface area contributed by atoms with E-state index in [2.05, 4.69) is 10.3 Å². The minimum absolute atomic E-state index is 0.00474. The summed E-state index contributed by atoms with van der Waals surface area (Å²) >= 11 is 11.6. The zero-order valence-electron chi connectivity index (χ0n) is 9.55. The van der Waals surface area contributed by atoms with Crippen LogP contribution in [0, 0.1) is 0 Å². The number of hydrogen-bond acceptors (Lipinski definition) is 2. The fraction of sp³-hybridized carbons (Fsp3) is 0. The molecule has 0 saturated heterocycles. The van der Waals surface area contributed by atoms with Gasteiger partial charge in [-0.1, -0.05) is 41.4 Å². The summed E-state index contributed by atoms with van der Waals surface area (Å²) in [4.78, 5) is 15.4. The number of aromatic nitrogens is 1. The second-order valence-electron chi connectivity index (χ2n) is 3.56. The van der Waals surface area contributed by atoms with Crippen LogP contribution < -0.4 is 10.7 Å². The van der Waals surface area contributed by atoms with Crippen LogP contribution in [-0.4, -0.2) is 16.0 Å². The molecule has 1 aromatic heterocycles. The number of hydrogen-bond donors (Lipinski definition) is 2. The number of carbonyl (C=O) groups excluding carboxylic acids is 1. The Kier molecular flexibility index (Phi) is 4.09. The van der Waals surface area contributed by atoms with Crippen molar-refractivity contribution >= 4 is 34.9 Å². The molecule has 2 amide bonds. The standard InChI is InChI=1S/C12H9Cl2N3O2/c13-10-9(6-7-17(19)11(10)14)16-12(18)15-8-4-2-1-3-5-8/h1-7,19H,(H,15,18)/b16-9-. The van der Waals surface area contributed by atoms with Gasteiger partial charge in [0.1, 0.15) is 5.02 Å². The van der Waals surface area contributed by atoms with Gasteiger partial charge in [-0.15, -0.1) is 0 Å². The zero-order chi connectivity index (χ0) is 13.8. The normalized spacial score (nSPS) is 11.4. The van der Waals surface area contributed by atoms with Gasteiger partial charge < -0.3 is 10.5 Å². The maximum atomic E-state index is 11.7. The number of pyridine rings is 1. The minimum atomic E-state index is -0.583. The molecule has 0 aliphatic rings. The van der Waals surface area contributed by atoms with Gasteiger partial charge in [-0.05, 0) is 18.2 Å². The molecule has 0 fully saturated rings. The summed E-state index contributed by atoms with van der Waals surface area (Å²) < 4.78 is 0.637. The van der Waals surface area contributed by atoms with Gasteiger partial charge in [-0.3, -0.25) is 0 Å². The molecule has 0 unspecified atom stereocenters. The second-order valence-corrected chi connectivity index (χ2v) is 4.29. The number of rotatable bonds is 1. The molecule has 0 aliphatic carbocycles. The van der Waals surface area contributed by atoms with Gasteiger partial charge in [0, 0.05) is 11.9 Å². The number of amides is 2. The molecule has 0 saturated carbocycles. The van der Waals surface area contributed by atoms with Crippen LogP contribution in [0.5, 0.6) is 0 Å². The maximum Gasteiger partial charge on any atom is 0.345 e. The third-order valence-electron chi connectivity index (χ3n) is 2.23. The summed E-state index contributed by atoms with van der Waals surface area (Å²) in [6, 6.07) is 9.66. The Balaban J connectivity index is 2.27. The number of benzene rings is 1. The van der Waals surface area contributed by atoms with Crippen molar-refractivity contribution in [3.05, 3.63) is 58.1 Å². The second kappa shape index (κ2) is 5.77. The van der Waals surface area contributed by atoms with Crippen molar-refractivity contribution in [1.29, 1.82) is 0 Å². The molecule has 98 valence electrons. The van der Waals surface area contributed by atoms with Gasteiger partial charge >= 0.3 is 6.03 Å². The average molecular weight is 298 g/mol. The number of nitrogens with one attached hydrogen (secondary N) is 1. The lowest BCUT2D eigenvalue weighted by Gasteiger charge is -2.03. The third kappa shape index (κ3) is 3.27. The molecule has 0 bridgehead atoms. The smallest absolute Gasteiger partial charge is 0.345 e. The lowest BCUT2D eigenvalue weighted by atomic mass is 10.3. The van der Waals surface area contributed by atoms with E-state index in [1.807, 2.05) is 6.07 Å². The number of anilines is 1. The lowest BCUT2D eigenvalue weighted by Crippen LogP contribution is -2.15. The Bertz CT molecular complexity index is 668. The number of nitrogens with zero attached hydrogens (tertiary/aromatic N) is 2. The van der Waals surface area contributed by atoms with Crippen molar-refractivity contribution in [2.75, 3.05) is 5.32 Å². The predicted octanol–water partition coefficient (Wildman–Crippen LogP) is 3.17. The highest BCUT2D eigenvalue weighted by Crippen LogP contribution is 2.15. The fourth-order valence-corrected chi connectivity index (χ4v) is 1.70. The topological polar surface area (TPSA) is 66.6 Å². The monoisotopic (exact) mass is 297 g/mol. The summed E-state index contributed by atoms with van der Waals surface area (Å²) in [6.07, 6.45) is 1.24. The van der Waals surface area contributed by atoms with E-state index >= 15 is 0 Å². The van der Waals surface area contributed by atoms with Crippen molar-refractivity contribution in [2.24, 2.45) is 4.99 Å². The Labute approximate surface area is 118 Å². The summed E-state index contributed by atoms with van der Waals surface area (Å²) in [7, 11) is 0. The minimum Gasteiger partial charge on any atom is -0.428 e. The molecule has 5 nitrogen and oxygen atoms in total.